The molecule has 0 fully saturated rings. The molecule has 1 aromatic heterocycles. The Morgan fingerprint density at radius 1 is 1.11 bits per heavy atom. The summed E-state index contributed by atoms with van der Waals surface area (Å²) in [6, 6.07) is 0.563. The van der Waals surface area contributed by atoms with Crippen molar-refractivity contribution in [2.45, 2.75) is 67.5 Å². The maximum Gasteiger partial charge on any atom is 0.0628 e. The summed E-state index contributed by atoms with van der Waals surface area (Å²) in [4.78, 5) is 0. The number of hydrogen-bond acceptors (Lipinski definition) is 2. The highest BCUT2D eigenvalue weighted by atomic mass is 15.3. The summed E-state index contributed by atoms with van der Waals surface area (Å²) in [6.07, 6.45) is 1.12. The molecule has 0 aliphatic rings. The van der Waals surface area contributed by atoms with Gasteiger partial charge in [0.15, 0.2) is 0 Å². The van der Waals surface area contributed by atoms with Gasteiger partial charge in [0, 0.05) is 18.3 Å². The molecule has 0 saturated heterocycles. The first-order valence-electron chi connectivity index (χ1n) is 7.57. The average Bonchev–Trinajstić information content (AvgIpc) is 2.53. The van der Waals surface area contributed by atoms with Crippen LogP contribution in [0, 0.1) is 25.7 Å². The zero-order valence-corrected chi connectivity index (χ0v) is 13.7. The summed E-state index contributed by atoms with van der Waals surface area (Å²) in [5.41, 5.74) is 4.00. The van der Waals surface area contributed by atoms with Gasteiger partial charge in [0.05, 0.1) is 5.69 Å². The summed E-state index contributed by atoms with van der Waals surface area (Å²) in [5.74, 6) is 1.29. The molecule has 3 heteroatoms. The van der Waals surface area contributed by atoms with Crippen LogP contribution in [0.1, 0.15) is 51.6 Å². The summed E-state index contributed by atoms with van der Waals surface area (Å²) in [6.45, 7) is 17.6. The van der Waals surface area contributed by atoms with Gasteiger partial charge in [-0.2, -0.15) is 5.10 Å². The minimum atomic E-state index is 0.563. The number of hydrogen-bond donors (Lipinski definition) is 1. The molecule has 1 aromatic rings. The molecule has 0 spiro atoms. The summed E-state index contributed by atoms with van der Waals surface area (Å²) in [7, 11) is 0. The predicted molar refractivity (Wildman–Crippen MR) is 82.5 cm³/mol. The van der Waals surface area contributed by atoms with Gasteiger partial charge >= 0.3 is 0 Å². The highest BCUT2D eigenvalue weighted by Gasteiger charge is 2.15. The Morgan fingerprint density at radius 3 is 2.26 bits per heavy atom. The minimum absolute atomic E-state index is 0.563. The van der Waals surface area contributed by atoms with Crippen molar-refractivity contribution >= 4 is 0 Å². The van der Waals surface area contributed by atoms with E-state index in [1.54, 1.807) is 0 Å². The van der Waals surface area contributed by atoms with Crippen molar-refractivity contribution in [2.24, 2.45) is 11.8 Å². The fraction of sp³-hybridized carbons (Fsp3) is 0.812. The molecule has 1 atom stereocenters. The average molecular weight is 265 g/mol. The van der Waals surface area contributed by atoms with E-state index in [0.29, 0.717) is 17.9 Å². The van der Waals surface area contributed by atoms with E-state index in [2.05, 4.69) is 58.5 Å². The smallest absolute Gasteiger partial charge is 0.0628 e. The van der Waals surface area contributed by atoms with E-state index >= 15 is 0 Å². The van der Waals surface area contributed by atoms with Crippen molar-refractivity contribution in [1.29, 1.82) is 0 Å². The molecule has 0 amide bonds. The highest BCUT2D eigenvalue weighted by molar-refractivity contribution is 5.25. The number of nitrogens with one attached hydrogen (secondary N) is 1. The maximum atomic E-state index is 4.69. The lowest BCUT2D eigenvalue weighted by molar-refractivity contribution is 0.466. The largest absolute Gasteiger partial charge is 0.314 e. The standard InChI is InChI=1S/C16H31N3/c1-11(2)10-19-15(7)16(14(6)18-19)8-13(5)9-17-12(3)4/h11-13,17H,8-10H2,1-7H3. The summed E-state index contributed by atoms with van der Waals surface area (Å²) < 4.78 is 2.18. The first-order valence-corrected chi connectivity index (χ1v) is 7.57. The van der Waals surface area contributed by atoms with Gasteiger partial charge in [-0.15, -0.1) is 0 Å². The molecule has 1 heterocycles. The molecule has 0 aliphatic heterocycles. The Labute approximate surface area is 118 Å². The van der Waals surface area contributed by atoms with Crippen LogP contribution in [0.25, 0.3) is 0 Å². The fourth-order valence-electron chi connectivity index (χ4n) is 2.41. The van der Waals surface area contributed by atoms with E-state index in [1.807, 2.05) is 0 Å². The third kappa shape index (κ3) is 4.98. The van der Waals surface area contributed by atoms with Crippen LogP contribution in [0.4, 0.5) is 0 Å². The zero-order valence-electron chi connectivity index (χ0n) is 13.7. The Morgan fingerprint density at radius 2 is 1.74 bits per heavy atom. The normalized spacial score (nSPS) is 13.5. The zero-order chi connectivity index (χ0) is 14.6. The van der Waals surface area contributed by atoms with Crippen molar-refractivity contribution in [3.63, 3.8) is 0 Å². The van der Waals surface area contributed by atoms with Gasteiger partial charge in [0.1, 0.15) is 0 Å². The Hall–Kier alpha value is -0.830. The monoisotopic (exact) mass is 265 g/mol. The highest BCUT2D eigenvalue weighted by Crippen LogP contribution is 2.18. The van der Waals surface area contributed by atoms with Crippen LogP contribution in [-0.2, 0) is 13.0 Å². The van der Waals surface area contributed by atoms with Crippen molar-refractivity contribution in [3.05, 3.63) is 17.0 Å². The van der Waals surface area contributed by atoms with Crippen molar-refractivity contribution < 1.29 is 0 Å². The van der Waals surface area contributed by atoms with Gasteiger partial charge in [-0.05, 0) is 44.2 Å². The van der Waals surface area contributed by atoms with Crippen molar-refractivity contribution in [2.75, 3.05) is 6.54 Å². The van der Waals surface area contributed by atoms with E-state index in [-0.39, 0.29) is 0 Å². The molecular formula is C16H31N3. The van der Waals surface area contributed by atoms with E-state index in [1.165, 1.54) is 17.0 Å². The van der Waals surface area contributed by atoms with Gasteiger partial charge in [-0.3, -0.25) is 4.68 Å². The maximum absolute atomic E-state index is 4.69. The van der Waals surface area contributed by atoms with Crippen LogP contribution in [0.3, 0.4) is 0 Å². The summed E-state index contributed by atoms with van der Waals surface area (Å²) in [5, 5.41) is 8.21. The second-order valence-electron chi connectivity index (χ2n) is 6.60. The molecule has 0 bridgehead atoms. The van der Waals surface area contributed by atoms with Gasteiger partial charge in [-0.1, -0.05) is 34.6 Å². The molecule has 110 valence electrons. The van der Waals surface area contributed by atoms with E-state index in [4.69, 9.17) is 5.10 Å². The first-order chi connectivity index (χ1) is 8.81. The number of aryl methyl sites for hydroxylation is 1. The van der Waals surface area contributed by atoms with E-state index in [0.717, 1.165) is 19.5 Å². The molecule has 0 radical (unpaired) electrons. The van der Waals surface area contributed by atoms with E-state index < -0.39 is 0 Å². The molecular weight excluding hydrogens is 234 g/mol. The SMILES string of the molecule is Cc1nn(CC(C)C)c(C)c1CC(C)CNC(C)C. The van der Waals surface area contributed by atoms with Gasteiger partial charge in [0.25, 0.3) is 0 Å². The fourth-order valence-corrected chi connectivity index (χ4v) is 2.41. The Balaban J connectivity index is 2.70. The van der Waals surface area contributed by atoms with Crippen LogP contribution in [0.2, 0.25) is 0 Å². The van der Waals surface area contributed by atoms with Gasteiger partial charge in [-0.25, -0.2) is 0 Å². The lowest BCUT2D eigenvalue weighted by Gasteiger charge is -2.15. The molecule has 19 heavy (non-hydrogen) atoms. The third-order valence-corrected chi connectivity index (χ3v) is 3.50. The second-order valence-corrected chi connectivity index (χ2v) is 6.60. The van der Waals surface area contributed by atoms with Crippen LogP contribution >= 0.6 is 0 Å². The molecule has 0 aliphatic carbocycles. The molecule has 1 rings (SSSR count). The molecule has 1 unspecified atom stereocenters. The molecule has 1 N–H and O–H groups in total. The molecule has 0 saturated carbocycles. The van der Waals surface area contributed by atoms with Gasteiger partial charge in [0.2, 0.25) is 0 Å². The van der Waals surface area contributed by atoms with Crippen molar-refractivity contribution in [1.82, 2.24) is 15.1 Å². The number of aromatic nitrogens is 2. The van der Waals surface area contributed by atoms with Gasteiger partial charge < -0.3 is 5.32 Å². The van der Waals surface area contributed by atoms with Crippen LogP contribution in [0.5, 0.6) is 0 Å². The van der Waals surface area contributed by atoms with Crippen molar-refractivity contribution in [3.8, 4) is 0 Å². The molecule has 0 aromatic carbocycles. The number of nitrogens with zero attached hydrogens (tertiary/aromatic N) is 2. The second kappa shape index (κ2) is 7.09. The predicted octanol–water partition coefficient (Wildman–Crippen LogP) is 3.33. The van der Waals surface area contributed by atoms with E-state index in [9.17, 15) is 0 Å². The topological polar surface area (TPSA) is 29.9 Å². The lowest BCUT2D eigenvalue weighted by Crippen LogP contribution is -2.28. The third-order valence-electron chi connectivity index (χ3n) is 3.50. The molecule has 3 nitrogen and oxygen atoms in total. The number of rotatable bonds is 7. The van der Waals surface area contributed by atoms with Crippen LogP contribution < -0.4 is 5.32 Å². The quantitative estimate of drug-likeness (QED) is 0.819. The lowest BCUT2D eigenvalue weighted by atomic mass is 9.99. The van der Waals surface area contributed by atoms with Crippen LogP contribution in [-0.4, -0.2) is 22.4 Å². The first kappa shape index (κ1) is 16.2. The Bertz CT molecular complexity index is 391. The summed E-state index contributed by atoms with van der Waals surface area (Å²) >= 11 is 0. The minimum Gasteiger partial charge on any atom is -0.314 e. The van der Waals surface area contributed by atoms with Crippen LogP contribution in [0.15, 0.2) is 0 Å². The Kier molecular flexibility index (Phi) is 6.05.